The van der Waals surface area contributed by atoms with Gasteiger partial charge >= 0.3 is 5.97 Å². The summed E-state index contributed by atoms with van der Waals surface area (Å²) >= 11 is 10.2. The first-order valence-electron chi connectivity index (χ1n) is 10.7. The quantitative estimate of drug-likeness (QED) is 0.336. The normalized spacial score (nSPS) is 12.6. The van der Waals surface area contributed by atoms with Crippen LogP contribution in [0.5, 0.6) is 0 Å². The highest BCUT2D eigenvalue weighted by Gasteiger charge is 2.38. The van der Waals surface area contributed by atoms with Crippen LogP contribution in [0.3, 0.4) is 0 Å². The van der Waals surface area contributed by atoms with Gasteiger partial charge in [0.25, 0.3) is 11.8 Å². The van der Waals surface area contributed by atoms with Gasteiger partial charge in [-0.05, 0) is 65.3 Å². The number of rotatable bonds is 4. The molecule has 0 atom stereocenters. The van der Waals surface area contributed by atoms with Crippen LogP contribution in [0, 0.1) is 0 Å². The predicted molar refractivity (Wildman–Crippen MR) is 148 cm³/mol. The fourth-order valence-electron chi connectivity index (χ4n) is 3.94. The third-order valence-corrected chi connectivity index (χ3v) is 8.29. The number of halogens is 3. The number of hydrogen-bond acceptors (Lipinski definition) is 6. The zero-order chi connectivity index (χ0) is 27.3. The molecule has 12 heteroatoms. The smallest absolute Gasteiger partial charge is 0.324 e. The summed E-state index contributed by atoms with van der Waals surface area (Å²) in [6.45, 7) is 2.66. The number of hydrogen-bond donors (Lipinski definition) is 0. The van der Waals surface area contributed by atoms with E-state index in [0.717, 1.165) is 0 Å². The van der Waals surface area contributed by atoms with Crippen molar-refractivity contribution in [1.29, 1.82) is 0 Å². The van der Waals surface area contributed by atoms with Crippen LogP contribution in [-0.4, -0.2) is 48.8 Å². The third-order valence-electron chi connectivity index (χ3n) is 6.00. The van der Waals surface area contributed by atoms with E-state index in [2.05, 4.69) is 47.8 Å². The largest absolute Gasteiger partial charge is 0.366 e. The van der Waals surface area contributed by atoms with Crippen molar-refractivity contribution in [2.24, 2.45) is 0 Å². The zero-order valence-corrected chi connectivity index (χ0v) is 24.6. The molecule has 9 nitrogen and oxygen atoms in total. The van der Waals surface area contributed by atoms with Gasteiger partial charge in [0.2, 0.25) is 11.8 Å². The molecular formula is C25H18Br3N3O6. The van der Waals surface area contributed by atoms with E-state index in [1.165, 1.54) is 37.7 Å². The Balaban J connectivity index is 1.85. The highest BCUT2D eigenvalue weighted by atomic mass is 79.9. The number of imide groups is 1. The van der Waals surface area contributed by atoms with Gasteiger partial charge in [-0.3, -0.25) is 19.2 Å². The van der Waals surface area contributed by atoms with Crippen LogP contribution in [0.1, 0.15) is 44.9 Å². The zero-order valence-electron chi connectivity index (χ0n) is 19.9. The molecule has 1 aliphatic rings. The molecule has 0 aromatic heterocycles. The number of benzene rings is 3. The maximum atomic E-state index is 13.6. The van der Waals surface area contributed by atoms with Crippen LogP contribution in [0.4, 0.5) is 11.4 Å². The van der Waals surface area contributed by atoms with Gasteiger partial charge in [0.05, 0.1) is 41.5 Å². The Bertz CT molecular complexity index is 1460. The van der Waals surface area contributed by atoms with Crippen LogP contribution >= 0.6 is 47.8 Å². The number of carbonyl (C=O) groups excluding carboxylic acids is 5. The minimum Gasteiger partial charge on any atom is -0.324 e. The van der Waals surface area contributed by atoms with Crippen LogP contribution in [0.25, 0.3) is 10.8 Å². The number of nitrogens with zero attached hydrogens (tertiary/aromatic N) is 3. The van der Waals surface area contributed by atoms with Crippen LogP contribution in [-0.2, 0) is 14.4 Å². The Labute approximate surface area is 236 Å². The highest BCUT2D eigenvalue weighted by molar-refractivity contribution is 9.12. The summed E-state index contributed by atoms with van der Waals surface area (Å²) in [5.41, 5.74) is 0.744. The molecule has 3 aromatic carbocycles. The molecular weight excluding hydrogens is 678 g/mol. The standard InChI is InChI=1S/C25H18Br3N3O6/c1-11(32)29(3)21-18(26)17(19(27)22(20(21)28)30(4)12(2)33)25(36)37-31-23(34)14-9-5-7-13-8-6-10-15(16(13)14)24(31)35/h5-10H,1-4H3. The topological polar surface area (TPSA) is 104 Å². The molecule has 0 bridgehead atoms. The lowest BCUT2D eigenvalue weighted by Crippen LogP contribution is -2.42. The fraction of sp³-hybridized carbons (Fsp3) is 0.160. The van der Waals surface area contributed by atoms with Gasteiger partial charge in [-0.25, -0.2) is 4.79 Å². The summed E-state index contributed by atoms with van der Waals surface area (Å²) in [7, 11) is 2.98. The van der Waals surface area contributed by atoms with Gasteiger partial charge < -0.3 is 14.6 Å². The summed E-state index contributed by atoms with van der Waals surface area (Å²) in [4.78, 5) is 72.4. The summed E-state index contributed by atoms with van der Waals surface area (Å²) < 4.78 is 0.604. The van der Waals surface area contributed by atoms with Gasteiger partial charge in [-0.2, -0.15) is 0 Å². The first-order valence-corrected chi connectivity index (χ1v) is 13.1. The molecule has 190 valence electrons. The van der Waals surface area contributed by atoms with Gasteiger partial charge in [0.15, 0.2) is 0 Å². The lowest BCUT2D eigenvalue weighted by molar-refractivity contribution is -0.117. The van der Waals surface area contributed by atoms with E-state index in [1.807, 2.05) is 0 Å². The lowest BCUT2D eigenvalue weighted by Gasteiger charge is -2.28. The Morgan fingerprint density at radius 1 is 0.757 bits per heavy atom. The van der Waals surface area contributed by atoms with Crippen molar-refractivity contribution in [2.75, 3.05) is 23.9 Å². The maximum Gasteiger partial charge on any atom is 0.366 e. The molecule has 3 aromatic rings. The minimum atomic E-state index is -1.07. The Kier molecular flexibility index (Phi) is 7.28. The Morgan fingerprint density at radius 3 is 1.59 bits per heavy atom. The van der Waals surface area contributed by atoms with Crippen molar-refractivity contribution in [3.63, 3.8) is 0 Å². The number of hydroxylamine groups is 2. The first-order chi connectivity index (χ1) is 17.4. The molecule has 0 fully saturated rings. The van der Waals surface area contributed by atoms with Gasteiger partial charge in [-0.1, -0.05) is 29.3 Å². The molecule has 0 spiro atoms. The second kappa shape index (κ2) is 9.99. The summed E-state index contributed by atoms with van der Waals surface area (Å²) in [6, 6.07) is 10.00. The Hall–Kier alpha value is -3.09. The van der Waals surface area contributed by atoms with E-state index >= 15 is 0 Å². The van der Waals surface area contributed by atoms with E-state index in [1.54, 1.807) is 36.4 Å². The van der Waals surface area contributed by atoms with Gasteiger partial charge in [0.1, 0.15) is 0 Å². The third kappa shape index (κ3) is 4.36. The monoisotopic (exact) mass is 693 g/mol. The maximum absolute atomic E-state index is 13.6. The van der Waals surface area contributed by atoms with E-state index in [0.29, 0.717) is 20.3 Å². The molecule has 0 aliphatic carbocycles. The average molecular weight is 696 g/mol. The van der Waals surface area contributed by atoms with Crippen molar-refractivity contribution in [3.05, 3.63) is 66.5 Å². The van der Waals surface area contributed by atoms with Crippen LogP contribution in [0.2, 0.25) is 0 Å². The highest BCUT2D eigenvalue weighted by Crippen LogP contribution is 2.48. The number of amides is 4. The molecule has 0 unspecified atom stereocenters. The second-order valence-corrected chi connectivity index (χ2v) is 10.5. The van der Waals surface area contributed by atoms with Crippen molar-refractivity contribution < 1.29 is 28.8 Å². The van der Waals surface area contributed by atoms with Crippen molar-refractivity contribution in [2.45, 2.75) is 13.8 Å². The molecule has 0 N–H and O–H groups in total. The van der Waals surface area contributed by atoms with Gasteiger partial charge in [0, 0.05) is 33.3 Å². The number of anilines is 2. The van der Waals surface area contributed by atoms with E-state index in [9.17, 15) is 24.0 Å². The van der Waals surface area contributed by atoms with Crippen molar-refractivity contribution in [1.82, 2.24) is 5.06 Å². The molecule has 4 rings (SSSR count). The Morgan fingerprint density at radius 2 is 1.19 bits per heavy atom. The van der Waals surface area contributed by atoms with Crippen LogP contribution in [0.15, 0.2) is 49.8 Å². The molecule has 0 saturated heterocycles. The average Bonchev–Trinajstić information content (AvgIpc) is 2.84. The van der Waals surface area contributed by atoms with E-state index in [-0.39, 0.29) is 48.8 Å². The first kappa shape index (κ1) is 27.0. The predicted octanol–water partition coefficient (Wildman–Crippen LogP) is 5.46. The summed E-state index contributed by atoms with van der Waals surface area (Å²) in [6.07, 6.45) is 0. The van der Waals surface area contributed by atoms with Crippen molar-refractivity contribution in [3.8, 4) is 0 Å². The second-order valence-electron chi connectivity index (χ2n) is 8.16. The molecule has 0 radical (unpaired) electrons. The molecule has 1 aliphatic heterocycles. The lowest BCUT2D eigenvalue weighted by atomic mass is 9.95. The molecule has 4 amide bonds. The van der Waals surface area contributed by atoms with Gasteiger partial charge in [-0.15, -0.1) is 0 Å². The molecule has 37 heavy (non-hydrogen) atoms. The SMILES string of the molecule is CC(=O)N(C)c1c(Br)c(C(=O)ON2C(=O)c3cccc4cccc(c34)C2=O)c(Br)c(N(C)C(C)=O)c1Br. The minimum absolute atomic E-state index is 0.133. The number of carbonyl (C=O) groups is 5. The summed E-state index contributed by atoms with van der Waals surface area (Å²) in [5, 5.41) is 1.60. The molecule has 1 heterocycles. The van der Waals surface area contributed by atoms with Crippen LogP contribution < -0.4 is 9.80 Å². The molecule has 0 saturated carbocycles. The summed E-state index contributed by atoms with van der Waals surface area (Å²) in [5.74, 6) is -3.38. The van der Waals surface area contributed by atoms with E-state index < -0.39 is 17.8 Å². The fourth-order valence-corrected chi connectivity index (χ4v) is 7.32. The van der Waals surface area contributed by atoms with Crippen molar-refractivity contribution >= 4 is 99.5 Å². The van der Waals surface area contributed by atoms with E-state index in [4.69, 9.17) is 4.84 Å².